The number of halogens is 1. The number of likely N-dealkylation sites (tertiary alicyclic amines) is 1. The number of alkyl halides is 1. The van der Waals surface area contributed by atoms with E-state index in [0.717, 1.165) is 30.7 Å². The highest BCUT2D eigenvalue weighted by atomic mass is 79.9. The molecule has 1 saturated heterocycles. The molecule has 5 heteroatoms. The van der Waals surface area contributed by atoms with Crippen molar-refractivity contribution >= 4 is 21.8 Å². The van der Waals surface area contributed by atoms with Crippen LogP contribution in [0.4, 0.5) is 0 Å². The molecule has 0 saturated carbocycles. The Labute approximate surface area is 97.2 Å². The lowest BCUT2D eigenvalue weighted by Gasteiger charge is -2.15. The van der Waals surface area contributed by atoms with Gasteiger partial charge in [0.05, 0.1) is 0 Å². The number of nitrogens with zero attached hydrogens (tertiary/aromatic N) is 2. The molecule has 1 N–H and O–H groups in total. The molecule has 1 aromatic heterocycles. The number of imidazole rings is 1. The average molecular weight is 272 g/mol. The maximum Gasteiger partial charge on any atom is 0.222 e. The zero-order chi connectivity index (χ0) is 10.7. The van der Waals surface area contributed by atoms with Gasteiger partial charge < -0.3 is 9.88 Å². The summed E-state index contributed by atoms with van der Waals surface area (Å²) < 4.78 is 0. The fourth-order valence-electron chi connectivity index (χ4n) is 1.85. The summed E-state index contributed by atoms with van der Waals surface area (Å²) in [7, 11) is 0. The van der Waals surface area contributed by atoms with Crippen LogP contribution in [-0.2, 0) is 11.2 Å². The Balaban J connectivity index is 1.83. The van der Waals surface area contributed by atoms with Crippen molar-refractivity contribution in [1.82, 2.24) is 14.9 Å². The predicted molar refractivity (Wildman–Crippen MR) is 60.8 cm³/mol. The highest BCUT2D eigenvalue weighted by molar-refractivity contribution is 9.09. The van der Waals surface area contributed by atoms with Crippen molar-refractivity contribution in [3.05, 3.63) is 18.2 Å². The largest absolute Gasteiger partial charge is 0.349 e. The summed E-state index contributed by atoms with van der Waals surface area (Å²) in [6.07, 6.45) is 5.04. The normalized spacial score (nSPS) is 21.3. The van der Waals surface area contributed by atoms with E-state index in [1.54, 1.807) is 6.20 Å². The molecule has 1 aromatic rings. The molecule has 1 atom stereocenters. The molecule has 82 valence electrons. The number of aromatic nitrogens is 2. The van der Waals surface area contributed by atoms with Crippen molar-refractivity contribution in [2.24, 2.45) is 5.92 Å². The third-order valence-electron chi connectivity index (χ3n) is 2.69. The van der Waals surface area contributed by atoms with E-state index in [9.17, 15) is 4.79 Å². The number of hydrogen-bond donors (Lipinski definition) is 1. The van der Waals surface area contributed by atoms with Crippen molar-refractivity contribution in [3.63, 3.8) is 0 Å². The van der Waals surface area contributed by atoms with Gasteiger partial charge in [0.1, 0.15) is 5.82 Å². The predicted octanol–water partition coefficient (Wildman–Crippen LogP) is 1.20. The van der Waals surface area contributed by atoms with E-state index in [2.05, 4.69) is 25.9 Å². The molecule has 2 heterocycles. The number of rotatable bonds is 4. The standard InChI is InChI=1S/C10H14BrN3O/c11-6-8-5-10(15)14(7-8)4-1-9-12-2-3-13-9/h2-3,8H,1,4-7H2,(H,12,13). The van der Waals surface area contributed by atoms with Crippen molar-refractivity contribution in [2.75, 3.05) is 18.4 Å². The van der Waals surface area contributed by atoms with Gasteiger partial charge in [0.2, 0.25) is 5.91 Å². The number of aromatic amines is 1. The van der Waals surface area contributed by atoms with E-state index in [1.807, 2.05) is 11.1 Å². The lowest BCUT2D eigenvalue weighted by atomic mass is 10.2. The molecule has 2 rings (SSSR count). The maximum atomic E-state index is 11.6. The fraction of sp³-hybridized carbons (Fsp3) is 0.600. The maximum absolute atomic E-state index is 11.6. The van der Waals surface area contributed by atoms with E-state index in [4.69, 9.17) is 0 Å². The SMILES string of the molecule is O=C1CC(CBr)CN1CCc1ncc[nH]1. The van der Waals surface area contributed by atoms with E-state index >= 15 is 0 Å². The van der Waals surface area contributed by atoms with E-state index in [1.165, 1.54) is 0 Å². The highest BCUT2D eigenvalue weighted by Crippen LogP contribution is 2.19. The number of carbonyl (C=O) groups is 1. The van der Waals surface area contributed by atoms with Crippen LogP contribution >= 0.6 is 15.9 Å². The second kappa shape index (κ2) is 4.79. The van der Waals surface area contributed by atoms with Gasteiger partial charge in [0, 0.05) is 43.7 Å². The number of amides is 1. The fourth-order valence-corrected chi connectivity index (χ4v) is 2.28. The van der Waals surface area contributed by atoms with E-state index < -0.39 is 0 Å². The van der Waals surface area contributed by atoms with Gasteiger partial charge in [-0.25, -0.2) is 4.98 Å². The van der Waals surface area contributed by atoms with Crippen LogP contribution in [0.2, 0.25) is 0 Å². The summed E-state index contributed by atoms with van der Waals surface area (Å²) in [6.45, 7) is 1.65. The molecule has 0 radical (unpaired) electrons. The lowest BCUT2D eigenvalue weighted by molar-refractivity contribution is -0.127. The minimum atomic E-state index is 0.269. The number of carbonyl (C=O) groups excluding carboxylic acids is 1. The summed E-state index contributed by atoms with van der Waals surface area (Å²) in [5.41, 5.74) is 0. The molecule has 1 aliphatic rings. The minimum absolute atomic E-state index is 0.269. The van der Waals surface area contributed by atoms with Gasteiger partial charge in [0.25, 0.3) is 0 Å². The van der Waals surface area contributed by atoms with Gasteiger partial charge in [-0.05, 0) is 5.92 Å². The molecule has 4 nitrogen and oxygen atoms in total. The zero-order valence-corrected chi connectivity index (χ0v) is 10.0. The topological polar surface area (TPSA) is 49.0 Å². The van der Waals surface area contributed by atoms with Gasteiger partial charge in [-0.15, -0.1) is 0 Å². The van der Waals surface area contributed by atoms with Crippen LogP contribution in [-0.4, -0.2) is 39.2 Å². The first-order chi connectivity index (χ1) is 7.29. The van der Waals surface area contributed by atoms with E-state index in [-0.39, 0.29) is 5.91 Å². The van der Waals surface area contributed by atoms with Crippen molar-refractivity contribution < 1.29 is 4.79 Å². The van der Waals surface area contributed by atoms with Gasteiger partial charge in [-0.1, -0.05) is 15.9 Å². The first-order valence-electron chi connectivity index (χ1n) is 5.11. The zero-order valence-electron chi connectivity index (χ0n) is 8.45. The van der Waals surface area contributed by atoms with Crippen LogP contribution in [0, 0.1) is 5.92 Å². The molecule has 1 aliphatic heterocycles. The third-order valence-corrected chi connectivity index (χ3v) is 3.60. The van der Waals surface area contributed by atoms with Gasteiger partial charge in [0.15, 0.2) is 0 Å². The molecule has 1 amide bonds. The Kier molecular flexibility index (Phi) is 3.41. The second-order valence-electron chi connectivity index (χ2n) is 3.85. The van der Waals surface area contributed by atoms with Crippen molar-refractivity contribution in [3.8, 4) is 0 Å². The van der Waals surface area contributed by atoms with Gasteiger partial charge in [-0.2, -0.15) is 0 Å². The molecule has 0 bridgehead atoms. The van der Waals surface area contributed by atoms with Gasteiger partial charge >= 0.3 is 0 Å². The molecular weight excluding hydrogens is 258 g/mol. The Morgan fingerprint density at radius 3 is 3.13 bits per heavy atom. The molecule has 0 aliphatic carbocycles. The highest BCUT2D eigenvalue weighted by Gasteiger charge is 2.28. The average Bonchev–Trinajstić information content (AvgIpc) is 2.84. The van der Waals surface area contributed by atoms with E-state index in [0.29, 0.717) is 12.3 Å². The molecular formula is C10H14BrN3O. The Bertz CT molecular complexity index is 325. The quantitative estimate of drug-likeness (QED) is 0.837. The number of hydrogen-bond acceptors (Lipinski definition) is 2. The first-order valence-corrected chi connectivity index (χ1v) is 6.23. The van der Waals surface area contributed by atoms with Crippen LogP contribution in [0.15, 0.2) is 12.4 Å². The smallest absolute Gasteiger partial charge is 0.222 e. The third kappa shape index (κ3) is 2.59. The Morgan fingerprint density at radius 2 is 2.53 bits per heavy atom. The van der Waals surface area contributed by atoms with Crippen LogP contribution in [0.1, 0.15) is 12.2 Å². The molecule has 1 fully saturated rings. The Hall–Kier alpha value is -0.840. The van der Waals surface area contributed by atoms with Crippen molar-refractivity contribution in [1.29, 1.82) is 0 Å². The first kappa shape index (κ1) is 10.7. The summed E-state index contributed by atoms with van der Waals surface area (Å²) in [5.74, 6) is 1.70. The van der Waals surface area contributed by atoms with Crippen molar-refractivity contribution in [2.45, 2.75) is 12.8 Å². The van der Waals surface area contributed by atoms with Crippen LogP contribution < -0.4 is 0 Å². The summed E-state index contributed by atoms with van der Waals surface area (Å²) in [5, 5.41) is 0.913. The summed E-state index contributed by atoms with van der Waals surface area (Å²) >= 11 is 3.42. The summed E-state index contributed by atoms with van der Waals surface area (Å²) in [6, 6.07) is 0. The number of H-pyrrole nitrogens is 1. The minimum Gasteiger partial charge on any atom is -0.349 e. The monoisotopic (exact) mass is 271 g/mol. The van der Waals surface area contributed by atoms with Crippen LogP contribution in [0.5, 0.6) is 0 Å². The molecule has 0 aromatic carbocycles. The lowest BCUT2D eigenvalue weighted by Crippen LogP contribution is -2.27. The van der Waals surface area contributed by atoms with Crippen LogP contribution in [0.3, 0.4) is 0 Å². The van der Waals surface area contributed by atoms with Crippen LogP contribution in [0.25, 0.3) is 0 Å². The molecule has 0 spiro atoms. The Morgan fingerprint density at radius 1 is 1.67 bits per heavy atom. The summed E-state index contributed by atoms with van der Waals surface area (Å²) in [4.78, 5) is 20.7. The molecule has 1 unspecified atom stereocenters. The number of nitrogens with one attached hydrogen (secondary N) is 1. The van der Waals surface area contributed by atoms with Gasteiger partial charge in [-0.3, -0.25) is 4.79 Å². The molecule has 15 heavy (non-hydrogen) atoms. The second-order valence-corrected chi connectivity index (χ2v) is 4.50.